The summed E-state index contributed by atoms with van der Waals surface area (Å²) in [6, 6.07) is 72.4. The summed E-state index contributed by atoms with van der Waals surface area (Å²) in [7, 11) is 0. The van der Waals surface area contributed by atoms with Crippen molar-refractivity contribution in [3.8, 4) is 113 Å². The molecule has 3 heterocycles. The highest BCUT2D eigenvalue weighted by Gasteiger charge is 2.76. The summed E-state index contributed by atoms with van der Waals surface area (Å²) in [5.74, 6) is 6.72. The van der Waals surface area contributed by atoms with Crippen LogP contribution in [0.15, 0.2) is 212 Å². The lowest BCUT2D eigenvalue weighted by Gasteiger charge is -2.78. The Morgan fingerprint density at radius 1 is 0.346 bits per heavy atom. The van der Waals surface area contributed by atoms with Gasteiger partial charge in [0.1, 0.15) is 5.69 Å². The summed E-state index contributed by atoms with van der Waals surface area (Å²) in [5, 5.41) is 0. The zero-order chi connectivity index (χ0) is 52.1. The summed E-state index contributed by atoms with van der Waals surface area (Å²) < 4.78 is 0. The largest absolute Gasteiger partial charge is 0.237 e. The van der Waals surface area contributed by atoms with Crippen LogP contribution in [0, 0.1) is 17.3 Å². The number of hydrogen-bond acceptors (Lipinski definition) is 8. The molecule has 374 valence electrons. The fourth-order valence-corrected chi connectivity index (χ4v) is 13.8. The van der Waals surface area contributed by atoms with E-state index in [0.29, 0.717) is 58.3 Å². The number of benzene rings is 8. The molecule has 8 aromatic carbocycles. The topological polar surface area (TPSA) is 103 Å². The predicted octanol–water partition coefficient (Wildman–Crippen LogP) is 16.4. The normalized spacial score (nSPS) is 19.4. The summed E-state index contributed by atoms with van der Waals surface area (Å²) in [6.07, 6.45) is 5.64. The van der Waals surface area contributed by atoms with Gasteiger partial charge in [0.2, 0.25) is 0 Å². The monoisotopic (exact) mass is 1010 g/mol. The Kier molecular flexibility index (Phi) is 10.7. The highest BCUT2D eigenvalue weighted by Crippen LogP contribution is 2.86. The van der Waals surface area contributed by atoms with Crippen molar-refractivity contribution in [2.75, 3.05) is 0 Å². The SMILES string of the molecule is CC(C)(C)c1cc(-c2nccc(-c3nc(-c4ccccc4)nc(-c4ccccc4)n3)n2)cc2c1-c1cc(-c3ccccc3)c(-c3ccc(-c4nc(-c5ccccc5)nc(-c5ccccc5)n4)cc3)cc1C1CC3CC4CC2C341. The van der Waals surface area contributed by atoms with Gasteiger partial charge in [-0.1, -0.05) is 197 Å². The third-order valence-corrected chi connectivity index (χ3v) is 17.5. The second-order valence-corrected chi connectivity index (χ2v) is 22.7. The van der Waals surface area contributed by atoms with Crippen LogP contribution in [0.25, 0.3) is 113 Å². The van der Waals surface area contributed by atoms with Crippen molar-refractivity contribution in [1.29, 1.82) is 0 Å². The molecular weight excluding hydrogens is 953 g/mol. The lowest BCUT2D eigenvalue weighted by atomic mass is 9.25. The van der Waals surface area contributed by atoms with Gasteiger partial charge in [0, 0.05) is 39.6 Å². The fourth-order valence-electron chi connectivity index (χ4n) is 13.8. The molecule has 1 spiro atoms. The van der Waals surface area contributed by atoms with E-state index in [4.69, 9.17) is 39.9 Å². The minimum Gasteiger partial charge on any atom is -0.237 e. The van der Waals surface area contributed by atoms with E-state index in [2.05, 4.69) is 124 Å². The zero-order valence-corrected chi connectivity index (χ0v) is 43.7. The van der Waals surface area contributed by atoms with Gasteiger partial charge in [-0.15, -0.1) is 0 Å². The average Bonchev–Trinajstić information content (AvgIpc) is 2.29. The molecule has 78 heavy (non-hydrogen) atoms. The Balaban J connectivity index is 0.878. The maximum atomic E-state index is 5.34. The Morgan fingerprint density at radius 3 is 1.23 bits per heavy atom. The van der Waals surface area contributed by atoms with Crippen molar-refractivity contribution in [2.45, 2.75) is 57.3 Å². The summed E-state index contributed by atoms with van der Waals surface area (Å²) >= 11 is 0. The van der Waals surface area contributed by atoms with Gasteiger partial charge < -0.3 is 0 Å². The summed E-state index contributed by atoms with van der Waals surface area (Å²) in [4.78, 5) is 40.6. The third kappa shape index (κ3) is 7.48. The van der Waals surface area contributed by atoms with Gasteiger partial charge in [0.05, 0.1) is 0 Å². The van der Waals surface area contributed by atoms with Crippen LogP contribution in [0.1, 0.15) is 68.6 Å². The van der Waals surface area contributed by atoms with Crippen LogP contribution in [0.5, 0.6) is 0 Å². The van der Waals surface area contributed by atoms with Crippen LogP contribution < -0.4 is 0 Å². The van der Waals surface area contributed by atoms with Gasteiger partial charge in [-0.05, 0) is 134 Å². The van der Waals surface area contributed by atoms with Gasteiger partial charge in [0.25, 0.3) is 0 Å². The molecule has 3 saturated carbocycles. The summed E-state index contributed by atoms with van der Waals surface area (Å²) in [6.45, 7) is 7.10. The van der Waals surface area contributed by atoms with Crippen LogP contribution in [-0.4, -0.2) is 39.9 Å². The van der Waals surface area contributed by atoms with E-state index in [0.717, 1.165) is 45.2 Å². The van der Waals surface area contributed by atoms with E-state index in [1.54, 1.807) is 0 Å². The van der Waals surface area contributed by atoms with Crippen LogP contribution in [0.2, 0.25) is 0 Å². The first kappa shape index (κ1) is 46.2. The standard InChI is InChI=1S/C70H54N8/c1-69(2,3)59-36-49(62-71-34-33-60(72-62)68-77-65(46-25-15-7-16-26-46)76-66(78-68)47-27-17-8-18-28-47)35-56-58-39-51-37-50-38-57(70(50,51)58)54-40-52(53(41-55(54)61(56)59)42-19-9-4-10-20-42)43-29-31-48(32-30-43)67-74-63(44-21-11-5-12-22-44)73-64(75-67)45-23-13-6-14-24-45/h4-36,40-41,50-51,57-58H,37-39H2,1-3H3. The molecule has 15 rings (SSSR count). The lowest BCUT2D eigenvalue weighted by Crippen LogP contribution is -2.70. The molecule has 0 radical (unpaired) electrons. The maximum absolute atomic E-state index is 5.34. The second kappa shape index (κ2) is 18.0. The van der Waals surface area contributed by atoms with Gasteiger partial charge >= 0.3 is 0 Å². The van der Waals surface area contributed by atoms with Crippen LogP contribution >= 0.6 is 0 Å². The first-order valence-electron chi connectivity index (χ1n) is 27.4. The molecule has 3 aromatic heterocycles. The van der Waals surface area contributed by atoms with E-state index in [1.165, 1.54) is 69.3 Å². The maximum Gasteiger partial charge on any atom is 0.182 e. The molecule has 5 atom stereocenters. The molecule has 3 fully saturated rings. The Bertz CT molecular complexity index is 3990. The Morgan fingerprint density at radius 2 is 0.756 bits per heavy atom. The van der Waals surface area contributed by atoms with Crippen molar-refractivity contribution in [2.24, 2.45) is 17.3 Å². The molecule has 0 bridgehead atoms. The molecule has 0 aliphatic heterocycles. The Hall–Kier alpha value is -9.14. The fraction of sp³-hybridized carbons (Fsp3) is 0.171. The molecule has 8 heteroatoms. The first-order valence-corrected chi connectivity index (χ1v) is 27.4. The van der Waals surface area contributed by atoms with Crippen molar-refractivity contribution in [1.82, 2.24) is 39.9 Å². The minimum atomic E-state index is -0.210. The number of rotatable bonds is 9. The van der Waals surface area contributed by atoms with E-state index >= 15 is 0 Å². The molecule has 8 nitrogen and oxygen atoms in total. The van der Waals surface area contributed by atoms with Crippen LogP contribution in [0.4, 0.5) is 0 Å². The quantitative estimate of drug-likeness (QED) is 0.141. The molecule has 0 amide bonds. The highest BCUT2D eigenvalue weighted by atomic mass is 15.1. The van der Waals surface area contributed by atoms with E-state index in [-0.39, 0.29) is 10.8 Å². The van der Waals surface area contributed by atoms with E-state index < -0.39 is 0 Å². The minimum absolute atomic E-state index is 0.210. The van der Waals surface area contributed by atoms with Crippen molar-refractivity contribution in [3.05, 3.63) is 229 Å². The second-order valence-electron chi connectivity index (χ2n) is 22.7. The van der Waals surface area contributed by atoms with Crippen LogP contribution in [0.3, 0.4) is 0 Å². The zero-order valence-electron chi connectivity index (χ0n) is 43.7. The lowest BCUT2D eigenvalue weighted by molar-refractivity contribution is -0.252. The number of nitrogens with zero attached hydrogens (tertiary/aromatic N) is 8. The molecular formula is C70H54N8. The van der Waals surface area contributed by atoms with Gasteiger partial charge in [-0.3, -0.25) is 0 Å². The summed E-state index contributed by atoms with van der Waals surface area (Å²) in [5.41, 5.74) is 18.3. The molecule has 11 aromatic rings. The number of fused-ring (bicyclic) bond motifs is 5. The predicted molar refractivity (Wildman–Crippen MR) is 311 cm³/mol. The molecule has 0 saturated heterocycles. The Labute approximate surface area is 454 Å². The van der Waals surface area contributed by atoms with Crippen molar-refractivity contribution >= 4 is 0 Å². The van der Waals surface area contributed by atoms with Crippen LogP contribution in [-0.2, 0) is 5.41 Å². The number of hydrogen-bond donors (Lipinski definition) is 0. The van der Waals surface area contributed by atoms with E-state index in [1.807, 2.05) is 109 Å². The molecule has 4 aliphatic rings. The smallest absolute Gasteiger partial charge is 0.182 e. The molecule has 4 aliphatic carbocycles. The molecule has 5 unspecified atom stereocenters. The van der Waals surface area contributed by atoms with Gasteiger partial charge in [-0.25, -0.2) is 39.9 Å². The van der Waals surface area contributed by atoms with Gasteiger partial charge in [-0.2, -0.15) is 0 Å². The number of aromatic nitrogens is 8. The highest BCUT2D eigenvalue weighted by molar-refractivity contribution is 5.92. The first-order chi connectivity index (χ1) is 38.2. The molecule has 0 N–H and O–H groups in total. The van der Waals surface area contributed by atoms with Crippen molar-refractivity contribution < 1.29 is 0 Å². The van der Waals surface area contributed by atoms with Crippen molar-refractivity contribution in [3.63, 3.8) is 0 Å². The average molecular weight is 1010 g/mol. The van der Waals surface area contributed by atoms with Gasteiger partial charge in [0.15, 0.2) is 40.8 Å². The van der Waals surface area contributed by atoms with E-state index in [9.17, 15) is 0 Å². The third-order valence-electron chi connectivity index (χ3n) is 17.5.